The molecule has 4 rings (SSSR count). The number of amides is 1. The summed E-state index contributed by atoms with van der Waals surface area (Å²) in [4.78, 5) is 12.5. The molecule has 0 aliphatic heterocycles. The number of carbonyl (C=O) groups excluding carboxylic acids is 1. The van der Waals surface area contributed by atoms with Gasteiger partial charge in [0.15, 0.2) is 11.5 Å². The number of H-pyrrole nitrogens is 1. The Morgan fingerprint density at radius 2 is 1.81 bits per heavy atom. The highest BCUT2D eigenvalue weighted by molar-refractivity contribution is 6.35. The second-order valence-electron chi connectivity index (χ2n) is 5.81. The van der Waals surface area contributed by atoms with Crippen LogP contribution in [0.4, 0.5) is 5.69 Å². The van der Waals surface area contributed by atoms with E-state index in [1.54, 1.807) is 28.8 Å². The van der Waals surface area contributed by atoms with Gasteiger partial charge >= 0.3 is 0 Å². The first kappa shape index (κ1) is 16.6. The second-order valence-corrected chi connectivity index (χ2v) is 6.69. The van der Waals surface area contributed by atoms with E-state index in [0.717, 1.165) is 11.3 Å². The molecule has 8 heteroatoms. The number of aromatic amines is 1. The highest BCUT2D eigenvalue weighted by Gasteiger charge is 2.16. The molecule has 2 heterocycles. The fraction of sp³-hybridized carbons (Fsp3) is 0.0556. The molecule has 0 fully saturated rings. The summed E-state index contributed by atoms with van der Waals surface area (Å²) >= 11 is 12.1. The van der Waals surface area contributed by atoms with Crippen molar-refractivity contribution in [2.24, 2.45) is 0 Å². The molecule has 2 aromatic heterocycles. The van der Waals surface area contributed by atoms with Gasteiger partial charge in [-0.1, -0.05) is 41.4 Å². The standard InChI is InChI=1S/C18H13Cl2N5O/c1-10-4-2-3-5-14(10)21-18(26)15-9-16-22-23-17(25(16)24-15)11-6-12(19)8-13(20)7-11/h2-9,24H,1H3,(H,21,26). The molecule has 6 nitrogen and oxygen atoms in total. The van der Waals surface area contributed by atoms with Crippen molar-refractivity contribution < 1.29 is 4.79 Å². The van der Waals surface area contributed by atoms with Gasteiger partial charge in [-0.2, -0.15) is 0 Å². The predicted molar refractivity (Wildman–Crippen MR) is 102 cm³/mol. The molecule has 0 saturated heterocycles. The van der Waals surface area contributed by atoms with Crippen molar-refractivity contribution in [3.8, 4) is 11.4 Å². The van der Waals surface area contributed by atoms with Gasteiger partial charge in [0, 0.05) is 27.4 Å². The van der Waals surface area contributed by atoms with Crippen LogP contribution in [0.2, 0.25) is 10.0 Å². The van der Waals surface area contributed by atoms with Crippen molar-refractivity contribution in [1.29, 1.82) is 0 Å². The quantitative estimate of drug-likeness (QED) is 0.541. The lowest BCUT2D eigenvalue weighted by Crippen LogP contribution is -2.13. The highest BCUT2D eigenvalue weighted by Crippen LogP contribution is 2.26. The van der Waals surface area contributed by atoms with Crippen LogP contribution in [0, 0.1) is 6.92 Å². The molecule has 0 saturated carbocycles. The zero-order valence-electron chi connectivity index (χ0n) is 13.6. The minimum atomic E-state index is -0.264. The maximum absolute atomic E-state index is 12.5. The van der Waals surface area contributed by atoms with E-state index in [1.807, 2.05) is 31.2 Å². The summed E-state index contributed by atoms with van der Waals surface area (Å²) in [5.41, 5.74) is 3.32. The molecule has 0 spiro atoms. The number of halogens is 2. The highest BCUT2D eigenvalue weighted by atomic mass is 35.5. The average Bonchev–Trinajstić information content (AvgIpc) is 3.16. The van der Waals surface area contributed by atoms with E-state index < -0.39 is 0 Å². The van der Waals surface area contributed by atoms with Gasteiger partial charge in [0.2, 0.25) is 0 Å². The Balaban J connectivity index is 1.69. The molecule has 4 aromatic rings. The van der Waals surface area contributed by atoms with Gasteiger partial charge in [0.1, 0.15) is 5.69 Å². The topological polar surface area (TPSA) is 75.1 Å². The van der Waals surface area contributed by atoms with Crippen LogP contribution in [-0.4, -0.2) is 25.7 Å². The Hall–Kier alpha value is -2.83. The number of nitrogens with zero attached hydrogens (tertiary/aromatic N) is 3. The second kappa shape index (κ2) is 6.48. The number of rotatable bonds is 3. The lowest BCUT2D eigenvalue weighted by Gasteiger charge is -2.06. The first-order valence-electron chi connectivity index (χ1n) is 7.79. The van der Waals surface area contributed by atoms with Crippen LogP contribution in [0.5, 0.6) is 0 Å². The number of carbonyl (C=O) groups is 1. The molecule has 1 amide bonds. The van der Waals surface area contributed by atoms with Crippen LogP contribution in [0.25, 0.3) is 17.0 Å². The van der Waals surface area contributed by atoms with Crippen LogP contribution in [-0.2, 0) is 0 Å². The minimum absolute atomic E-state index is 0.264. The first-order chi connectivity index (χ1) is 12.5. The number of hydrogen-bond donors (Lipinski definition) is 2. The zero-order chi connectivity index (χ0) is 18.3. The molecule has 26 heavy (non-hydrogen) atoms. The Morgan fingerprint density at radius 3 is 2.54 bits per heavy atom. The maximum atomic E-state index is 12.5. The molecule has 2 N–H and O–H groups in total. The lowest BCUT2D eigenvalue weighted by molar-refractivity contribution is 0.102. The Morgan fingerprint density at radius 1 is 1.08 bits per heavy atom. The molecule has 0 aliphatic rings. The monoisotopic (exact) mass is 385 g/mol. The molecule has 0 bridgehead atoms. The van der Waals surface area contributed by atoms with Crippen LogP contribution >= 0.6 is 23.2 Å². The van der Waals surface area contributed by atoms with Crippen molar-refractivity contribution in [3.63, 3.8) is 0 Å². The summed E-state index contributed by atoms with van der Waals surface area (Å²) in [6, 6.07) is 14.3. The number of nitrogens with one attached hydrogen (secondary N) is 2. The normalized spacial score (nSPS) is 11.0. The lowest BCUT2D eigenvalue weighted by atomic mass is 10.2. The summed E-state index contributed by atoms with van der Waals surface area (Å²) < 4.78 is 1.62. The van der Waals surface area contributed by atoms with E-state index in [0.29, 0.717) is 32.8 Å². The van der Waals surface area contributed by atoms with E-state index >= 15 is 0 Å². The third-order valence-electron chi connectivity index (χ3n) is 3.95. The number of aryl methyl sites for hydroxylation is 1. The average molecular weight is 386 g/mol. The molecule has 0 radical (unpaired) electrons. The van der Waals surface area contributed by atoms with Gasteiger partial charge < -0.3 is 5.32 Å². The van der Waals surface area contributed by atoms with Gasteiger partial charge in [0.25, 0.3) is 5.91 Å². The van der Waals surface area contributed by atoms with Crippen LogP contribution in [0.15, 0.2) is 48.5 Å². The summed E-state index contributed by atoms with van der Waals surface area (Å²) in [6.07, 6.45) is 0. The van der Waals surface area contributed by atoms with Gasteiger partial charge in [0.05, 0.1) is 0 Å². The smallest absolute Gasteiger partial charge is 0.273 e. The maximum Gasteiger partial charge on any atom is 0.273 e. The van der Waals surface area contributed by atoms with Crippen molar-refractivity contribution in [1.82, 2.24) is 19.8 Å². The predicted octanol–water partition coefficient (Wildman–Crippen LogP) is 4.59. The van der Waals surface area contributed by atoms with E-state index in [4.69, 9.17) is 23.2 Å². The number of anilines is 1. The molecule has 130 valence electrons. The van der Waals surface area contributed by atoms with Gasteiger partial charge in [-0.05, 0) is 36.8 Å². The van der Waals surface area contributed by atoms with Crippen molar-refractivity contribution in [2.75, 3.05) is 5.32 Å². The van der Waals surface area contributed by atoms with E-state index in [1.165, 1.54) is 0 Å². The van der Waals surface area contributed by atoms with Crippen LogP contribution < -0.4 is 5.32 Å². The number of fused-ring (bicyclic) bond motifs is 1. The Bertz CT molecular complexity index is 1110. The molecule has 0 unspecified atom stereocenters. The summed E-state index contributed by atoms with van der Waals surface area (Å²) in [6.45, 7) is 1.93. The molecular weight excluding hydrogens is 373 g/mol. The van der Waals surface area contributed by atoms with Gasteiger partial charge in [-0.15, -0.1) is 10.2 Å². The third kappa shape index (κ3) is 3.05. The van der Waals surface area contributed by atoms with E-state index in [9.17, 15) is 4.79 Å². The van der Waals surface area contributed by atoms with Crippen molar-refractivity contribution in [3.05, 3.63) is 69.8 Å². The summed E-state index contributed by atoms with van der Waals surface area (Å²) in [5.74, 6) is 0.249. The molecule has 0 atom stereocenters. The SMILES string of the molecule is Cc1ccccc1NC(=O)c1cc2nnc(-c3cc(Cl)cc(Cl)c3)n2[nH]1. The fourth-order valence-corrected chi connectivity index (χ4v) is 3.20. The van der Waals surface area contributed by atoms with Gasteiger partial charge in [-0.25, -0.2) is 4.52 Å². The first-order valence-corrected chi connectivity index (χ1v) is 8.54. The molecule has 0 aliphatic carbocycles. The summed E-state index contributed by atoms with van der Waals surface area (Å²) in [5, 5.41) is 15.1. The van der Waals surface area contributed by atoms with E-state index in [-0.39, 0.29) is 5.91 Å². The summed E-state index contributed by atoms with van der Waals surface area (Å²) in [7, 11) is 0. The fourth-order valence-electron chi connectivity index (χ4n) is 2.67. The molecular formula is C18H13Cl2N5O. The van der Waals surface area contributed by atoms with E-state index in [2.05, 4.69) is 20.6 Å². The number of aromatic nitrogens is 4. The zero-order valence-corrected chi connectivity index (χ0v) is 15.1. The molecule has 2 aromatic carbocycles. The van der Waals surface area contributed by atoms with Crippen molar-refractivity contribution in [2.45, 2.75) is 6.92 Å². The van der Waals surface area contributed by atoms with Crippen LogP contribution in [0.3, 0.4) is 0 Å². The van der Waals surface area contributed by atoms with Crippen molar-refractivity contribution >= 4 is 40.4 Å². The third-order valence-corrected chi connectivity index (χ3v) is 4.39. The Labute approximate surface area is 158 Å². The number of benzene rings is 2. The number of para-hydroxylation sites is 1. The minimum Gasteiger partial charge on any atom is -0.320 e. The number of hydrogen-bond acceptors (Lipinski definition) is 3. The largest absolute Gasteiger partial charge is 0.320 e. The van der Waals surface area contributed by atoms with Crippen LogP contribution in [0.1, 0.15) is 16.1 Å². The van der Waals surface area contributed by atoms with Gasteiger partial charge in [-0.3, -0.25) is 9.89 Å². The Kier molecular flexibility index (Phi) is 4.14.